The van der Waals surface area contributed by atoms with E-state index in [2.05, 4.69) is 15.6 Å². The molecule has 0 fully saturated rings. The number of carbonyl (C=O) groups excluding carboxylic acids is 1. The molecule has 0 atom stereocenters. The Morgan fingerprint density at radius 1 is 1.12 bits per heavy atom. The number of amides is 1. The molecule has 0 unspecified atom stereocenters. The molecule has 0 saturated carbocycles. The summed E-state index contributed by atoms with van der Waals surface area (Å²) >= 11 is 0. The molecule has 0 aliphatic heterocycles. The summed E-state index contributed by atoms with van der Waals surface area (Å²) in [5, 5.41) is 17.4. The fraction of sp³-hybridized carbons (Fsp3) is 0.0588. The summed E-state index contributed by atoms with van der Waals surface area (Å²) in [6.07, 6.45) is 0. The molecule has 2 N–H and O–H groups in total. The van der Waals surface area contributed by atoms with Gasteiger partial charge >= 0.3 is 0 Å². The Labute approximate surface area is 137 Å². The second-order valence-electron chi connectivity index (χ2n) is 5.08. The molecule has 0 bridgehead atoms. The Kier molecular flexibility index (Phi) is 4.07. The third-order valence-electron chi connectivity index (χ3n) is 3.57. The summed E-state index contributed by atoms with van der Waals surface area (Å²) in [5.74, 6) is -0.0671. The quantitative estimate of drug-likeness (QED) is 0.566. The molecule has 0 aliphatic rings. The van der Waals surface area contributed by atoms with Gasteiger partial charge in [-0.25, -0.2) is 4.98 Å². The van der Waals surface area contributed by atoms with E-state index in [9.17, 15) is 14.9 Å². The van der Waals surface area contributed by atoms with Crippen LogP contribution in [-0.2, 0) is 0 Å². The van der Waals surface area contributed by atoms with Gasteiger partial charge in [0.15, 0.2) is 0 Å². The largest absolute Gasteiger partial charge is 0.383 e. The van der Waals surface area contributed by atoms with Crippen LogP contribution in [0.15, 0.2) is 54.6 Å². The van der Waals surface area contributed by atoms with Gasteiger partial charge in [-0.1, -0.05) is 18.2 Å². The van der Waals surface area contributed by atoms with E-state index in [0.717, 1.165) is 10.9 Å². The maximum atomic E-state index is 12.3. The van der Waals surface area contributed by atoms with Gasteiger partial charge in [-0.05, 0) is 30.3 Å². The standard InChI is InChI=1S/C17H14N4O3/c1-18-14-8-6-12(10-15(14)21(23)24)17(22)20-16-9-7-11-4-2-3-5-13(11)19-16/h2-10,18H,1H3,(H,19,20,22). The van der Waals surface area contributed by atoms with E-state index in [1.54, 1.807) is 13.1 Å². The Morgan fingerprint density at radius 3 is 2.67 bits per heavy atom. The predicted molar refractivity (Wildman–Crippen MR) is 92.3 cm³/mol. The van der Waals surface area contributed by atoms with E-state index in [4.69, 9.17) is 0 Å². The first-order valence-corrected chi connectivity index (χ1v) is 7.22. The highest BCUT2D eigenvalue weighted by Gasteiger charge is 2.17. The van der Waals surface area contributed by atoms with Crippen LogP contribution in [0.4, 0.5) is 17.2 Å². The number of nitrogens with zero attached hydrogens (tertiary/aromatic N) is 2. The lowest BCUT2D eigenvalue weighted by molar-refractivity contribution is -0.384. The van der Waals surface area contributed by atoms with Gasteiger partial charge in [0.2, 0.25) is 0 Å². The van der Waals surface area contributed by atoms with Crippen molar-refractivity contribution >= 4 is 34.0 Å². The van der Waals surface area contributed by atoms with Crippen LogP contribution in [0.5, 0.6) is 0 Å². The Morgan fingerprint density at radius 2 is 1.92 bits per heavy atom. The minimum Gasteiger partial charge on any atom is -0.383 e. The first kappa shape index (κ1) is 15.4. The van der Waals surface area contributed by atoms with Crippen molar-refractivity contribution in [2.45, 2.75) is 0 Å². The summed E-state index contributed by atoms with van der Waals surface area (Å²) in [6.45, 7) is 0. The van der Waals surface area contributed by atoms with Crippen molar-refractivity contribution in [3.05, 3.63) is 70.3 Å². The van der Waals surface area contributed by atoms with Crippen LogP contribution in [0, 0.1) is 10.1 Å². The lowest BCUT2D eigenvalue weighted by Crippen LogP contribution is -2.13. The number of pyridine rings is 1. The molecule has 2 aromatic carbocycles. The van der Waals surface area contributed by atoms with Crippen LogP contribution < -0.4 is 10.6 Å². The second kappa shape index (κ2) is 6.33. The van der Waals surface area contributed by atoms with Crippen molar-refractivity contribution in [1.82, 2.24) is 4.98 Å². The Balaban J connectivity index is 1.88. The molecule has 120 valence electrons. The lowest BCUT2D eigenvalue weighted by atomic mass is 10.1. The maximum Gasteiger partial charge on any atom is 0.293 e. The molecule has 1 aromatic heterocycles. The minimum absolute atomic E-state index is 0.156. The summed E-state index contributed by atoms with van der Waals surface area (Å²) in [5.41, 5.74) is 1.14. The molecule has 7 nitrogen and oxygen atoms in total. The molecular weight excluding hydrogens is 308 g/mol. The zero-order valence-electron chi connectivity index (χ0n) is 12.8. The average Bonchev–Trinajstić information content (AvgIpc) is 2.61. The summed E-state index contributed by atoms with van der Waals surface area (Å²) < 4.78 is 0. The Bertz CT molecular complexity index is 940. The van der Waals surface area contributed by atoms with Gasteiger partial charge in [0.05, 0.1) is 10.4 Å². The number of carbonyl (C=O) groups is 1. The molecule has 0 saturated heterocycles. The van der Waals surface area contributed by atoms with Crippen molar-refractivity contribution in [3.63, 3.8) is 0 Å². The average molecular weight is 322 g/mol. The molecule has 0 aliphatic carbocycles. The molecule has 3 rings (SSSR count). The lowest BCUT2D eigenvalue weighted by Gasteiger charge is -2.07. The molecule has 24 heavy (non-hydrogen) atoms. The Hall–Kier alpha value is -3.48. The van der Waals surface area contributed by atoms with Gasteiger partial charge in [-0.15, -0.1) is 0 Å². The van der Waals surface area contributed by atoms with Crippen LogP contribution >= 0.6 is 0 Å². The second-order valence-corrected chi connectivity index (χ2v) is 5.08. The number of nitro groups is 1. The predicted octanol–water partition coefficient (Wildman–Crippen LogP) is 3.44. The fourth-order valence-corrected chi connectivity index (χ4v) is 2.36. The van der Waals surface area contributed by atoms with Gasteiger partial charge in [0, 0.05) is 24.1 Å². The highest BCUT2D eigenvalue weighted by molar-refractivity contribution is 6.05. The van der Waals surface area contributed by atoms with Crippen LogP contribution in [0.25, 0.3) is 10.9 Å². The van der Waals surface area contributed by atoms with Gasteiger partial charge < -0.3 is 10.6 Å². The third-order valence-corrected chi connectivity index (χ3v) is 3.57. The van der Waals surface area contributed by atoms with Crippen LogP contribution in [0.2, 0.25) is 0 Å². The number of hydrogen-bond donors (Lipinski definition) is 2. The van der Waals surface area contributed by atoms with Crippen molar-refractivity contribution < 1.29 is 9.72 Å². The maximum absolute atomic E-state index is 12.3. The summed E-state index contributed by atoms with van der Waals surface area (Å²) in [4.78, 5) is 27.2. The number of rotatable bonds is 4. The number of benzene rings is 2. The van der Waals surface area contributed by atoms with E-state index in [0.29, 0.717) is 11.5 Å². The van der Waals surface area contributed by atoms with Crippen molar-refractivity contribution in [2.75, 3.05) is 17.7 Å². The molecule has 0 spiro atoms. The first-order chi connectivity index (χ1) is 11.6. The zero-order valence-corrected chi connectivity index (χ0v) is 12.8. The summed E-state index contributed by atoms with van der Waals surface area (Å²) in [6, 6.07) is 15.3. The number of fused-ring (bicyclic) bond motifs is 1. The molecule has 1 amide bonds. The fourth-order valence-electron chi connectivity index (χ4n) is 2.36. The van der Waals surface area contributed by atoms with Gasteiger partial charge in [-0.2, -0.15) is 0 Å². The van der Waals surface area contributed by atoms with E-state index < -0.39 is 10.8 Å². The molecule has 0 radical (unpaired) electrons. The normalized spacial score (nSPS) is 10.4. The van der Waals surface area contributed by atoms with Crippen molar-refractivity contribution in [2.24, 2.45) is 0 Å². The molecule has 3 aromatic rings. The van der Waals surface area contributed by atoms with Crippen LogP contribution in [0.1, 0.15) is 10.4 Å². The van der Waals surface area contributed by atoms with Crippen molar-refractivity contribution in [1.29, 1.82) is 0 Å². The third kappa shape index (κ3) is 3.00. The first-order valence-electron chi connectivity index (χ1n) is 7.22. The number of para-hydroxylation sites is 1. The monoisotopic (exact) mass is 322 g/mol. The highest BCUT2D eigenvalue weighted by atomic mass is 16.6. The molecule has 1 heterocycles. The van der Waals surface area contributed by atoms with Gasteiger partial charge in [-0.3, -0.25) is 14.9 Å². The number of nitro benzene ring substituents is 1. The number of anilines is 2. The van der Waals surface area contributed by atoms with E-state index >= 15 is 0 Å². The van der Waals surface area contributed by atoms with Crippen LogP contribution in [-0.4, -0.2) is 22.9 Å². The van der Waals surface area contributed by atoms with E-state index in [-0.39, 0.29) is 11.3 Å². The smallest absolute Gasteiger partial charge is 0.293 e. The number of aromatic nitrogens is 1. The number of hydrogen-bond acceptors (Lipinski definition) is 5. The highest BCUT2D eigenvalue weighted by Crippen LogP contribution is 2.25. The van der Waals surface area contributed by atoms with E-state index in [1.165, 1.54) is 18.2 Å². The molecule has 7 heteroatoms. The van der Waals surface area contributed by atoms with Crippen molar-refractivity contribution in [3.8, 4) is 0 Å². The topological polar surface area (TPSA) is 97.2 Å². The van der Waals surface area contributed by atoms with Gasteiger partial charge in [0.25, 0.3) is 11.6 Å². The summed E-state index contributed by atoms with van der Waals surface area (Å²) in [7, 11) is 1.58. The zero-order chi connectivity index (χ0) is 17.1. The number of nitrogens with one attached hydrogen (secondary N) is 2. The molecular formula is C17H14N4O3. The minimum atomic E-state index is -0.531. The van der Waals surface area contributed by atoms with Gasteiger partial charge in [0.1, 0.15) is 11.5 Å². The van der Waals surface area contributed by atoms with Crippen LogP contribution in [0.3, 0.4) is 0 Å². The van der Waals surface area contributed by atoms with E-state index in [1.807, 2.05) is 30.3 Å². The SMILES string of the molecule is CNc1ccc(C(=O)Nc2ccc3ccccc3n2)cc1[N+](=O)[O-].